The molecule has 1 amide bonds. The topological polar surface area (TPSA) is 228 Å². The fraction of sp³-hybridized carbons (Fsp3) is 0.641. The van der Waals surface area contributed by atoms with Crippen molar-refractivity contribution in [1.82, 2.24) is 5.32 Å². The Morgan fingerprint density at radius 1 is 0.474 bits per heavy atom. The summed E-state index contributed by atoms with van der Waals surface area (Å²) in [6.07, 6.45) is 54.3. The van der Waals surface area contributed by atoms with Gasteiger partial charge in [0.15, 0.2) is 12.6 Å². The molecule has 0 aromatic rings. The smallest absolute Gasteiger partial charge is 0.220 e. The second-order valence-corrected chi connectivity index (χ2v) is 20.0. The molecule has 2 saturated heterocycles. The molecule has 0 aliphatic carbocycles. The molecule has 78 heavy (non-hydrogen) atoms. The number of nitrogens with one attached hydrogen (secondary N) is 1. The summed E-state index contributed by atoms with van der Waals surface area (Å²) in [6.45, 7) is 2.51. The molecule has 2 aliphatic rings. The maximum atomic E-state index is 13.1. The molecule has 2 aliphatic heterocycles. The minimum Gasteiger partial charge on any atom is -0.394 e. The Kier molecular flexibility index (Phi) is 43.1. The third-order valence-electron chi connectivity index (χ3n) is 13.3. The molecule has 12 atom stereocenters. The van der Waals surface area contributed by atoms with E-state index < -0.39 is 86.8 Å². The maximum absolute atomic E-state index is 13.1. The average Bonchev–Trinajstić information content (AvgIpc) is 3.47. The van der Waals surface area contributed by atoms with Crippen molar-refractivity contribution in [3.63, 3.8) is 0 Å². The molecular weight excluding hydrogens is 991 g/mol. The molecule has 2 rings (SSSR count). The van der Waals surface area contributed by atoms with E-state index in [2.05, 4.69) is 141 Å². The second-order valence-electron chi connectivity index (χ2n) is 20.0. The number of unbranched alkanes of at least 4 members (excludes halogenated alkanes) is 11. The highest BCUT2D eigenvalue weighted by Crippen LogP contribution is 2.30. The zero-order valence-electron chi connectivity index (χ0n) is 47.3. The number of ether oxygens (including phenoxy) is 4. The van der Waals surface area contributed by atoms with Crippen LogP contribution in [0.1, 0.15) is 168 Å². The van der Waals surface area contributed by atoms with Crippen LogP contribution in [-0.4, -0.2) is 140 Å². The van der Waals surface area contributed by atoms with Crippen LogP contribution in [0.15, 0.2) is 134 Å². The lowest BCUT2D eigenvalue weighted by atomic mass is 9.97. The van der Waals surface area contributed by atoms with E-state index in [0.717, 1.165) is 122 Å². The van der Waals surface area contributed by atoms with Gasteiger partial charge in [-0.25, -0.2) is 0 Å². The molecule has 9 N–H and O–H groups in total. The summed E-state index contributed by atoms with van der Waals surface area (Å²) >= 11 is 0. The molecule has 0 bridgehead atoms. The first-order valence-electron chi connectivity index (χ1n) is 29.4. The van der Waals surface area contributed by atoms with Crippen molar-refractivity contribution in [3.8, 4) is 0 Å². The van der Waals surface area contributed by atoms with Gasteiger partial charge in [0.1, 0.15) is 48.8 Å². The van der Waals surface area contributed by atoms with Gasteiger partial charge in [0.25, 0.3) is 0 Å². The first-order chi connectivity index (χ1) is 38.1. The number of amides is 1. The van der Waals surface area contributed by atoms with Crippen molar-refractivity contribution < 1.29 is 64.6 Å². The number of carbonyl (C=O) groups excluding carboxylic acids is 1. The fourth-order valence-corrected chi connectivity index (χ4v) is 8.61. The monoisotopic (exact) mass is 1090 g/mol. The van der Waals surface area contributed by atoms with Crippen molar-refractivity contribution in [2.24, 2.45) is 0 Å². The van der Waals surface area contributed by atoms with E-state index in [-0.39, 0.29) is 18.9 Å². The van der Waals surface area contributed by atoms with Crippen molar-refractivity contribution in [2.75, 3.05) is 19.8 Å². The van der Waals surface area contributed by atoms with Gasteiger partial charge in [-0.2, -0.15) is 0 Å². The standard InChI is InChI=1S/C64H103NO13/c1-3-5-7-9-10-11-12-13-14-15-16-17-18-19-20-21-22-23-24-25-26-27-28-29-30-31-32-33-34-35-36-37-38-39-40-41-42-44-46-48-56(69)65-52(53(68)47-45-43-8-6-4-2)51-75-63-61(74)59(72)62(55(50-67)77-63)78-64-60(73)58(71)57(70)54(49-66)76-64/h5,7,10-11,13-14,16-17,19-20,22-23,25-26,28-29,31-32,34-35,45,47,52-55,57-64,66-68,70-74H,3-4,6,8-9,12,15,18,21,24,27,30,33,36-44,46,48-51H2,1-2H3,(H,65,69)/b7-5-,11-10-,14-13-,17-16-,20-19-,23-22-,26-25-,29-28-,32-31-,35-34-,47-45+. The third kappa shape index (κ3) is 33.0. The molecule has 442 valence electrons. The average molecular weight is 1090 g/mol. The Bertz CT molecular complexity index is 1820. The van der Waals surface area contributed by atoms with Crippen LogP contribution >= 0.6 is 0 Å². The predicted octanol–water partition coefficient (Wildman–Crippen LogP) is 9.99. The number of allylic oxidation sites excluding steroid dienone is 21. The molecule has 14 heteroatoms. The summed E-state index contributed by atoms with van der Waals surface area (Å²) in [4.78, 5) is 13.1. The van der Waals surface area contributed by atoms with Gasteiger partial charge in [0, 0.05) is 6.42 Å². The summed E-state index contributed by atoms with van der Waals surface area (Å²) in [6, 6.07) is -0.924. The van der Waals surface area contributed by atoms with Crippen LogP contribution in [0.3, 0.4) is 0 Å². The molecular formula is C64H103NO13. The molecule has 2 heterocycles. The quantitative estimate of drug-likeness (QED) is 0.0205. The summed E-state index contributed by atoms with van der Waals surface area (Å²) in [5.41, 5.74) is 0. The summed E-state index contributed by atoms with van der Waals surface area (Å²) in [5.74, 6) is -0.263. The number of rotatable bonds is 44. The van der Waals surface area contributed by atoms with Crippen molar-refractivity contribution in [1.29, 1.82) is 0 Å². The van der Waals surface area contributed by atoms with E-state index in [1.165, 1.54) is 19.3 Å². The summed E-state index contributed by atoms with van der Waals surface area (Å²) in [5, 5.41) is 86.3. The van der Waals surface area contributed by atoms with Crippen molar-refractivity contribution in [2.45, 2.75) is 242 Å². The fourth-order valence-electron chi connectivity index (χ4n) is 8.61. The minimum absolute atomic E-state index is 0.261. The van der Waals surface area contributed by atoms with Crippen LogP contribution in [0.2, 0.25) is 0 Å². The van der Waals surface area contributed by atoms with Crippen LogP contribution < -0.4 is 5.32 Å². The Balaban J connectivity index is 1.56. The van der Waals surface area contributed by atoms with Crippen molar-refractivity contribution >= 4 is 5.91 Å². The molecule has 12 unspecified atom stereocenters. The highest BCUT2D eigenvalue weighted by atomic mass is 16.7. The molecule has 0 saturated carbocycles. The highest BCUT2D eigenvalue weighted by Gasteiger charge is 2.51. The summed E-state index contributed by atoms with van der Waals surface area (Å²) in [7, 11) is 0. The molecule has 2 fully saturated rings. The van der Waals surface area contributed by atoms with Gasteiger partial charge in [-0.15, -0.1) is 0 Å². The zero-order chi connectivity index (χ0) is 56.7. The lowest BCUT2D eigenvalue weighted by molar-refractivity contribution is -0.359. The maximum Gasteiger partial charge on any atom is 0.220 e. The van der Waals surface area contributed by atoms with Gasteiger partial charge in [-0.05, 0) is 96.3 Å². The van der Waals surface area contributed by atoms with Crippen LogP contribution in [0.4, 0.5) is 0 Å². The second kappa shape index (κ2) is 47.9. The molecule has 0 aromatic heterocycles. The van der Waals surface area contributed by atoms with Gasteiger partial charge in [-0.1, -0.05) is 199 Å². The van der Waals surface area contributed by atoms with Crippen LogP contribution in [-0.2, 0) is 23.7 Å². The largest absolute Gasteiger partial charge is 0.394 e. The van der Waals surface area contributed by atoms with Crippen LogP contribution in [0.5, 0.6) is 0 Å². The molecule has 0 aromatic carbocycles. The number of hydrogen-bond donors (Lipinski definition) is 9. The van der Waals surface area contributed by atoms with E-state index in [9.17, 15) is 45.6 Å². The lowest BCUT2D eigenvalue weighted by Crippen LogP contribution is -2.65. The number of aliphatic hydroxyl groups is 8. The molecule has 0 radical (unpaired) electrons. The Labute approximate surface area is 469 Å². The van der Waals surface area contributed by atoms with Gasteiger partial charge in [-0.3, -0.25) is 4.79 Å². The van der Waals surface area contributed by atoms with E-state index in [1.807, 2.05) is 6.08 Å². The minimum atomic E-state index is -1.79. The lowest BCUT2D eigenvalue weighted by Gasteiger charge is -2.46. The third-order valence-corrected chi connectivity index (χ3v) is 13.3. The van der Waals surface area contributed by atoms with Crippen molar-refractivity contribution in [3.05, 3.63) is 134 Å². The van der Waals surface area contributed by atoms with E-state index >= 15 is 0 Å². The molecule has 0 spiro atoms. The SMILES string of the molecule is CC/C=C\C/C=C\C/C=C\C/C=C\C/C=C\C/C=C\C/C=C\C/C=C\C/C=C\C/C=C\CCCCCCCCCCC(=O)NC(COC1OC(CO)C(OC2OC(CO)C(O)C(O)C2O)C(O)C1O)C(O)/C=C/CCCCC. The zero-order valence-corrected chi connectivity index (χ0v) is 47.3. The van der Waals surface area contributed by atoms with Gasteiger partial charge < -0.3 is 65.1 Å². The van der Waals surface area contributed by atoms with Crippen LogP contribution in [0.25, 0.3) is 0 Å². The number of hydrogen-bond acceptors (Lipinski definition) is 13. The first kappa shape index (κ1) is 70.2. The highest BCUT2D eigenvalue weighted by molar-refractivity contribution is 5.76. The first-order valence-corrected chi connectivity index (χ1v) is 29.4. The predicted molar refractivity (Wildman–Crippen MR) is 313 cm³/mol. The van der Waals surface area contributed by atoms with E-state index in [1.54, 1.807) is 6.08 Å². The number of carbonyl (C=O) groups is 1. The van der Waals surface area contributed by atoms with E-state index in [0.29, 0.717) is 6.42 Å². The Hall–Kier alpha value is -3.87. The van der Waals surface area contributed by atoms with Gasteiger partial charge >= 0.3 is 0 Å². The van der Waals surface area contributed by atoms with Gasteiger partial charge in [0.2, 0.25) is 5.91 Å². The summed E-state index contributed by atoms with van der Waals surface area (Å²) < 4.78 is 22.6. The number of aliphatic hydroxyl groups excluding tert-OH is 8. The van der Waals surface area contributed by atoms with Crippen LogP contribution in [0, 0.1) is 0 Å². The van der Waals surface area contributed by atoms with Gasteiger partial charge in [0.05, 0.1) is 32.0 Å². The Morgan fingerprint density at radius 3 is 1.36 bits per heavy atom. The molecule has 14 nitrogen and oxygen atoms in total. The van der Waals surface area contributed by atoms with E-state index in [4.69, 9.17) is 18.9 Å². The Morgan fingerprint density at radius 2 is 0.885 bits per heavy atom. The normalized spacial score (nSPS) is 25.6.